The lowest BCUT2D eigenvalue weighted by atomic mass is 10.2. The topological polar surface area (TPSA) is 18.5 Å². The van der Waals surface area contributed by atoms with E-state index in [1.54, 1.807) is 0 Å². The molecule has 1 aromatic rings. The molecule has 1 aromatic carbocycles. The van der Waals surface area contributed by atoms with Gasteiger partial charge in [-0.25, -0.2) is 0 Å². The largest absolute Gasteiger partial charge is 0.468 e. The molecule has 0 unspecified atom stereocenters. The van der Waals surface area contributed by atoms with E-state index in [-0.39, 0.29) is 0 Å². The highest BCUT2D eigenvalue weighted by molar-refractivity contribution is 9.10. The van der Waals surface area contributed by atoms with Crippen molar-refractivity contribution < 1.29 is 9.47 Å². The van der Waals surface area contributed by atoms with Gasteiger partial charge in [0, 0.05) is 10.4 Å². The third-order valence-electron chi connectivity index (χ3n) is 2.52. The molecule has 0 bridgehead atoms. The Balaban J connectivity index is 1.78. The van der Waals surface area contributed by atoms with Crippen molar-refractivity contribution in [3.63, 3.8) is 0 Å². The maximum atomic E-state index is 5.80. The molecule has 2 nitrogen and oxygen atoms in total. The van der Waals surface area contributed by atoms with E-state index in [4.69, 9.17) is 21.1 Å². The van der Waals surface area contributed by atoms with Crippen molar-refractivity contribution in [2.75, 3.05) is 13.4 Å². The van der Waals surface area contributed by atoms with Crippen LogP contribution in [0.25, 0.3) is 0 Å². The first-order valence-electron chi connectivity index (χ1n) is 5.34. The van der Waals surface area contributed by atoms with Crippen molar-refractivity contribution in [2.24, 2.45) is 5.92 Å². The van der Waals surface area contributed by atoms with E-state index < -0.39 is 0 Å². The molecule has 0 atom stereocenters. The van der Waals surface area contributed by atoms with Crippen LogP contribution in [0.5, 0.6) is 5.75 Å². The smallest absolute Gasteiger partial charge is 0.189 e. The maximum Gasteiger partial charge on any atom is 0.189 e. The zero-order chi connectivity index (χ0) is 11.4. The van der Waals surface area contributed by atoms with Crippen molar-refractivity contribution in [2.45, 2.75) is 18.7 Å². The maximum absolute atomic E-state index is 5.80. The number of ether oxygens (including phenoxy) is 2. The van der Waals surface area contributed by atoms with Gasteiger partial charge in [0.15, 0.2) is 6.79 Å². The van der Waals surface area contributed by atoms with Crippen molar-refractivity contribution in [1.82, 2.24) is 0 Å². The van der Waals surface area contributed by atoms with E-state index in [0.29, 0.717) is 12.7 Å². The van der Waals surface area contributed by atoms with Gasteiger partial charge in [-0.1, -0.05) is 15.9 Å². The van der Waals surface area contributed by atoms with Crippen LogP contribution in [0.15, 0.2) is 22.7 Å². The van der Waals surface area contributed by atoms with E-state index in [1.807, 2.05) is 18.2 Å². The Morgan fingerprint density at radius 3 is 2.88 bits per heavy atom. The van der Waals surface area contributed by atoms with Crippen molar-refractivity contribution in [1.29, 1.82) is 0 Å². The lowest BCUT2D eigenvalue weighted by Crippen LogP contribution is -2.05. The van der Waals surface area contributed by atoms with Crippen molar-refractivity contribution in [3.05, 3.63) is 28.2 Å². The molecule has 16 heavy (non-hydrogen) atoms. The number of hydrogen-bond donors (Lipinski definition) is 0. The lowest BCUT2D eigenvalue weighted by molar-refractivity contribution is 0.00995. The highest BCUT2D eigenvalue weighted by Crippen LogP contribution is 2.29. The fraction of sp³-hybridized carbons (Fsp3) is 0.500. The fourth-order valence-electron chi connectivity index (χ4n) is 1.35. The van der Waals surface area contributed by atoms with Gasteiger partial charge in [-0.3, -0.25) is 0 Å². The Hall–Kier alpha value is -0.250. The molecule has 1 aliphatic carbocycles. The van der Waals surface area contributed by atoms with E-state index >= 15 is 0 Å². The molecule has 0 aromatic heterocycles. The SMILES string of the molecule is ClCc1cc(OCOCC2CC2)ccc1Br. The predicted molar refractivity (Wildman–Crippen MR) is 67.9 cm³/mol. The summed E-state index contributed by atoms with van der Waals surface area (Å²) in [6, 6.07) is 5.77. The zero-order valence-electron chi connectivity index (χ0n) is 8.92. The van der Waals surface area contributed by atoms with E-state index in [1.165, 1.54) is 12.8 Å². The van der Waals surface area contributed by atoms with Gasteiger partial charge in [0.1, 0.15) is 5.75 Å². The molecule has 1 fully saturated rings. The van der Waals surface area contributed by atoms with Crippen molar-refractivity contribution in [3.8, 4) is 5.75 Å². The molecule has 4 heteroatoms. The van der Waals surface area contributed by atoms with Crippen LogP contribution in [0.1, 0.15) is 18.4 Å². The van der Waals surface area contributed by atoms with Crippen LogP contribution in [0.4, 0.5) is 0 Å². The standard InChI is InChI=1S/C12H14BrClO2/c13-12-4-3-11(5-10(12)6-14)16-8-15-7-9-1-2-9/h3-5,9H,1-2,6-8H2. The van der Waals surface area contributed by atoms with Gasteiger partial charge < -0.3 is 9.47 Å². The van der Waals surface area contributed by atoms with E-state index in [0.717, 1.165) is 28.3 Å². The normalized spacial score (nSPS) is 15.1. The molecule has 0 N–H and O–H groups in total. The van der Waals surface area contributed by atoms with Gasteiger partial charge in [-0.2, -0.15) is 0 Å². The molecule has 0 aliphatic heterocycles. The Labute approximate surface area is 109 Å². The zero-order valence-corrected chi connectivity index (χ0v) is 11.3. The van der Waals surface area contributed by atoms with Gasteiger partial charge >= 0.3 is 0 Å². The summed E-state index contributed by atoms with van der Waals surface area (Å²) in [6.45, 7) is 1.14. The monoisotopic (exact) mass is 304 g/mol. The van der Waals surface area contributed by atoms with Crippen LogP contribution in [-0.2, 0) is 10.6 Å². The number of benzene rings is 1. The molecular formula is C12H14BrClO2. The molecule has 88 valence electrons. The van der Waals surface area contributed by atoms with Crippen LogP contribution in [0.2, 0.25) is 0 Å². The summed E-state index contributed by atoms with van der Waals surface area (Å²) in [4.78, 5) is 0. The molecule has 0 spiro atoms. The average molecular weight is 306 g/mol. The number of rotatable bonds is 6. The second kappa shape index (κ2) is 5.89. The molecule has 2 rings (SSSR count). The quantitative estimate of drug-likeness (QED) is 0.450. The first kappa shape index (κ1) is 12.2. The van der Waals surface area contributed by atoms with Gasteiger partial charge in [-0.05, 0) is 42.5 Å². The molecule has 1 saturated carbocycles. The van der Waals surface area contributed by atoms with Crippen molar-refractivity contribution >= 4 is 27.5 Å². The van der Waals surface area contributed by atoms with Gasteiger partial charge in [0.05, 0.1) is 6.61 Å². The van der Waals surface area contributed by atoms with Gasteiger partial charge in [0.25, 0.3) is 0 Å². The third-order valence-corrected chi connectivity index (χ3v) is 3.58. The highest BCUT2D eigenvalue weighted by Gasteiger charge is 2.21. The molecular weight excluding hydrogens is 291 g/mol. The van der Waals surface area contributed by atoms with Crippen LogP contribution in [0.3, 0.4) is 0 Å². The van der Waals surface area contributed by atoms with Gasteiger partial charge in [-0.15, -0.1) is 11.6 Å². The summed E-state index contributed by atoms with van der Waals surface area (Å²) in [5.74, 6) is 2.04. The lowest BCUT2D eigenvalue weighted by Gasteiger charge is -2.08. The summed E-state index contributed by atoms with van der Waals surface area (Å²) < 4.78 is 11.9. The summed E-state index contributed by atoms with van der Waals surface area (Å²) in [6.07, 6.45) is 2.60. The number of halogens is 2. The Morgan fingerprint density at radius 2 is 2.19 bits per heavy atom. The summed E-state index contributed by atoms with van der Waals surface area (Å²) in [5, 5.41) is 0. The van der Waals surface area contributed by atoms with Crippen LogP contribution < -0.4 is 4.74 Å². The Bertz CT molecular complexity index is 353. The number of alkyl halides is 1. The Morgan fingerprint density at radius 1 is 1.38 bits per heavy atom. The average Bonchev–Trinajstić information content (AvgIpc) is 3.10. The van der Waals surface area contributed by atoms with E-state index in [9.17, 15) is 0 Å². The predicted octanol–water partition coefficient (Wildman–Crippen LogP) is 3.95. The minimum absolute atomic E-state index is 0.319. The second-order valence-corrected chi connectivity index (χ2v) is 5.08. The van der Waals surface area contributed by atoms with Gasteiger partial charge in [0.2, 0.25) is 0 Å². The first-order valence-corrected chi connectivity index (χ1v) is 6.67. The molecule has 0 saturated heterocycles. The second-order valence-electron chi connectivity index (χ2n) is 3.96. The van der Waals surface area contributed by atoms with Crippen LogP contribution in [-0.4, -0.2) is 13.4 Å². The highest BCUT2D eigenvalue weighted by atomic mass is 79.9. The Kier molecular flexibility index (Phi) is 4.50. The minimum atomic E-state index is 0.319. The van der Waals surface area contributed by atoms with E-state index in [2.05, 4.69) is 15.9 Å². The van der Waals surface area contributed by atoms with Crippen LogP contribution >= 0.6 is 27.5 Å². The molecule has 0 radical (unpaired) electrons. The molecule has 1 aliphatic rings. The fourth-order valence-corrected chi connectivity index (χ4v) is 2.12. The summed E-state index contributed by atoms with van der Waals surface area (Å²) >= 11 is 9.23. The first-order chi connectivity index (χ1) is 7.79. The number of hydrogen-bond acceptors (Lipinski definition) is 2. The summed E-state index contributed by atoms with van der Waals surface area (Å²) in [5.41, 5.74) is 1.03. The molecule has 0 heterocycles. The third kappa shape index (κ3) is 3.65. The summed E-state index contributed by atoms with van der Waals surface area (Å²) in [7, 11) is 0. The molecule has 0 amide bonds. The van der Waals surface area contributed by atoms with Crippen LogP contribution in [0, 0.1) is 5.92 Å². The minimum Gasteiger partial charge on any atom is -0.468 e.